The van der Waals surface area contributed by atoms with Crippen molar-refractivity contribution in [2.75, 3.05) is 45.8 Å². The summed E-state index contributed by atoms with van der Waals surface area (Å²) < 4.78 is 0. The first-order valence-corrected chi connectivity index (χ1v) is 8.66. The lowest BCUT2D eigenvalue weighted by molar-refractivity contribution is 0.235. The van der Waals surface area contributed by atoms with Crippen molar-refractivity contribution < 1.29 is 0 Å². The van der Waals surface area contributed by atoms with Crippen LogP contribution in [0.3, 0.4) is 0 Å². The normalized spacial score (nSPS) is 14.4. The van der Waals surface area contributed by atoms with Crippen molar-refractivity contribution in [3.8, 4) is 6.07 Å². The molecule has 0 aromatic carbocycles. The number of nitrogens with zero attached hydrogens (tertiary/aromatic N) is 3. The van der Waals surface area contributed by atoms with Gasteiger partial charge in [0.15, 0.2) is 0 Å². The lowest BCUT2D eigenvalue weighted by atomic mass is 9.97. The average molecular weight is 297 g/mol. The van der Waals surface area contributed by atoms with Gasteiger partial charge in [-0.15, -0.1) is 0 Å². The zero-order valence-corrected chi connectivity index (χ0v) is 14.9. The lowest BCUT2D eigenvalue weighted by Gasteiger charge is -2.26. The highest BCUT2D eigenvalue weighted by molar-refractivity contribution is 5.03. The van der Waals surface area contributed by atoms with Gasteiger partial charge >= 0.3 is 0 Å². The van der Waals surface area contributed by atoms with Gasteiger partial charge in [-0.1, -0.05) is 27.7 Å². The second-order valence-corrected chi connectivity index (χ2v) is 5.89. The maximum atomic E-state index is 9.26. The number of nitrogens with one attached hydrogen (secondary N) is 1. The minimum Gasteiger partial charge on any atom is -0.304 e. The summed E-state index contributed by atoms with van der Waals surface area (Å²) in [5.41, 5.74) is -0.366. The molecule has 0 amide bonds. The molecule has 0 aliphatic heterocycles. The largest absolute Gasteiger partial charge is 0.304 e. The zero-order valence-electron chi connectivity index (χ0n) is 14.9. The van der Waals surface area contributed by atoms with E-state index in [1.807, 2.05) is 6.92 Å². The molecule has 0 rings (SSSR count). The standard InChI is InChI=1S/C17H36N4/c1-6-19-17(5,16-18)12-10-13-21(9-4)15-11-14-20(7-2)8-3/h19H,6-15H2,1-5H3. The molecule has 0 aliphatic carbocycles. The number of rotatable bonds is 13. The first kappa shape index (κ1) is 20.4. The van der Waals surface area contributed by atoms with Gasteiger partial charge in [-0.3, -0.25) is 5.32 Å². The molecule has 4 heteroatoms. The Morgan fingerprint density at radius 2 is 1.43 bits per heavy atom. The van der Waals surface area contributed by atoms with Crippen LogP contribution in [-0.4, -0.2) is 61.2 Å². The van der Waals surface area contributed by atoms with E-state index < -0.39 is 0 Å². The minimum absolute atomic E-state index is 0.366. The number of hydrogen-bond donors (Lipinski definition) is 1. The van der Waals surface area contributed by atoms with E-state index in [1.165, 1.54) is 13.0 Å². The Morgan fingerprint density at radius 3 is 1.90 bits per heavy atom. The second-order valence-electron chi connectivity index (χ2n) is 5.89. The molecule has 0 heterocycles. The van der Waals surface area contributed by atoms with Gasteiger partial charge in [0.2, 0.25) is 0 Å². The summed E-state index contributed by atoms with van der Waals surface area (Å²) in [4.78, 5) is 4.99. The molecule has 124 valence electrons. The van der Waals surface area contributed by atoms with Crippen molar-refractivity contribution in [3.05, 3.63) is 0 Å². The molecule has 1 unspecified atom stereocenters. The van der Waals surface area contributed by atoms with Crippen LogP contribution >= 0.6 is 0 Å². The van der Waals surface area contributed by atoms with E-state index in [-0.39, 0.29) is 5.54 Å². The van der Waals surface area contributed by atoms with Gasteiger partial charge < -0.3 is 9.80 Å². The van der Waals surface area contributed by atoms with Crippen LogP contribution in [-0.2, 0) is 0 Å². The summed E-state index contributed by atoms with van der Waals surface area (Å²) in [7, 11) is 0. The predicted molar refractivity (Wildman–Crippen MR) is 91.4 cm³/mol. The third kappa shape index (κ3) is 9.08. The van der Waals surface area contributed by atoms with Crippen LogP contribution in [0.1, 0.15) is 53.9 Å². The third-order valence-electron chi connectivity index (χ3n) is 4.26. The van der Waals surface area contributed by atoms with E-state index in [4.69, 9.17) is 0 Å². The number of nitriles is 1. The van der Waals surface area contributed by atoms with Gasteiger partial charge in [0, 0.05) is 0 Å². The van der Waals surface area contributed by atoms with Crippen LogP contribution in [0.5, 0.6) is 0 Å². The molecular weight excluding hydrogens is 260 g/mol. The molecule has 0 bridgehead atoms. The van der Waals surface area contributed by atoms with E-state index in [0.717, 1.165) is 52.1 Å². The van der Waals surface area contributed by atoms with E-state index in [0.29, 0.717) is 0 Å². The molecule has 21 heavy (non-hydrogen) atoms. The SMILES string of the molecule is CCNC(C)(C#N)CCCN(CC)CCCN(CC)CC. The van der Waals surface area contributed by atoms with Crippen LogP contribution in [0.2, 0.25) is 0 Å². The maximum absolute atomic E-state index is 9.26. The van der Waals surface area contributed by atoms with Gasteiger partial charge in [-0.05, 0) is 72.0 Å². The summed E-state index contributed by atoms with van der Waals surface area (Å²) in [6.45, 7) is 18.4. The highest BCUT2D eigenvalue weighted by Gasteiger charge is 2.21. The van der Waals surface area contributed by atoms with Crippen molar-refractivity contribution in [1.82, 2.24) is 15.1 Å². The fourth-order valence-corrected chi connectivity index (χ4v) is 2.72. The monoisotopic (exact) mass is 296 g/mol. The minimum atomic E-state index is -0.366. The molecule has 1 atom stereocenters. The van der Waals surface area contributed by atoms with Crippen LogP contribution in [0.4, 0.5) is 0 Å². The molecule has 0 radical (unpaired) electrons. The van der Waals surface area contributed by atoms with Gasteiger partial charge in [-0.25, -0.2) is 0 Å². The highest BCUT2D eigenvalue weighted by Crippen LogP contribution is 2.11. The summed E-state index contributed by atoms with van der Waals surface area (Å²) >= 11 is 0. The molecule has 0 aromatic rings. The summed E-state index contributed by atoms with van der Waals surface area (Å²) in [5, 5.41) is 12.6. The third-order valence-corrected chi connectivity index (χ3v) is 4.26. The van der Waals surface area contributed by atoms with Crippen molar-refractivity contribution in [3.63, 3.8) is 0 Å². The van der Waals surface area contributed by atoms with Gasteiger partial charge in [0.25, 0.3) is 0 Å². The molecule has 4 nitrogen and oxygen atoms in total. The zero-order chi connectivity index (χ0) is 16.1. The fraction of sp³-hybridized carbons (Fsp3) is 0.941. The Bertz CT molecular complexity index is 283. The van der Waals surface area contributed by atoms with E-state index in [2.05, 4.69) is 48.9 Å². The Morgan fingerprint density at radius 1 is 0.905 bits per heavy atom. The summed E-state index contributed by atoms with van der Waals surface area (Å²) in [6, 6.07) is 2.41. The highest BCUT2D eigenvalue weighted by atomic mass is 15.1. The molecule has 0 saturated heterocycles. The number of hydrogen-bond acceptors (Lipinski definition) is 4. The summed E-state index contributed by atoms with van der Waals surface area (Å²) in [5.74, 6) is 0. The topological polar surface area (TPSA) is 42.3 Å². The first-order valence-electron chi connectivity index (χ1n) is 8.66. The molecule has 0 aromatic heterocycles. The van der Waals surface area contributed by atoms with E-state index in [1.54, 1.807) is 0 Å². The van der Waals surface area contributed by atoms with E-state index in [9.17, 15) is 5.26 Å². The molecule has 0 spiro atoms. The summed E-state index contributed by atoms with van der Waals surface area (Å²) in [6.07, 6.45) is 3.23. The predicted octanol–water partition coefficient (Wildman–Crippen LogP) is 2.71. The van der Waals surface area contributed by atoms with Crippen molar-refractivity contribution in [2.24, 2.45) is 0 Å². The van der Waals surface area contributed by atoms with Crippen LogP contribution < -0.4 is 5.32 Å². The molecule has 1 N–H and O–H groups in total. The van der Waals surface area contributed by atoms with E-state index >= 15 is 0 Å². The Kier molecular flexibility index (Phi) is 11.6. The molecule has 0 saturated carbocycles. The van der Waals surface area contributed by atoms with Gasteiger partial charge in [0.05, 0.1) is 6.07 Å². The molecule has 0 fully saturated rings. The molecule has 0 aliphatic rings. The van der Waals surface area contributed by atoms with Crippen molar-refractivity contribution in [1.29, 1.82) is 5.26 Å². The Labute approximate surface area is 132 Å². The quantitative estimate of drug-likeness (QED) is 0.567. The second kappa shape index (κ2) is 12.0. The lowest BCUT2D eigenvalue weighted by Crippen LogP contribution is -2.41. The smallest absolute Gasteiger partial charge is 0.103 e. The fourth-order valence-electron chi connectivity index (χ4n) is 2.72. The Hall–Kier alpha value is -0.630. The van der Waals surface area contributed by atoms with Crippen molar-refractivity contribution in [2.45, 2.75) is 59.4 Å². The average Bonchev–Trinajstić information content (AvgIpc) is 2.50. The van der Waals surface area contributed by atoms with Crippen LogP contribution in [0.15, 0.2) is 0 Å². The van der Waals surface area contributed by atoms with Crippen LogP contribution in [0.25, 0.3) is 0 Å². The maximum Gasteiger partial charge on any atom is 0.103 e. The van der Waals surface area contributed by atoms with Crippen molar-refractivity contribution >= 4 is 0 Å². The molecular formula is C17H36N4. The Balaban J connectivity index is 3.97. The first-order chi connectivity index (χ1) is 10.0. The van der Waals surface area contributed by atoms with Gasteiger partial charge in [-0.2, -0.15) is 5.26 Å². The van der Waals surface area contributed by atoms with Gasteiger partial charge in [0.1, 0.15) is 5.54 Å². The van der Waals surface area contributed by atoms with Crippen LogP contribution in [0, 0.1) is 11.3 Å².